The second-order valence-corrected chi connectivity index (χ2v) is 11.4. The number of hydrogen-bond acceptors (Lipinski definition) is 4. The first kappa shape index (κ1) is 27.8. The largest absolute Gasteiger partial charge is 0.496 e. The van der Waals surface area contributed by atoms with Crippen molar-refractivity contribution in [2.24, 2.45) is 0 Å². The molecular weight excluding hydrogens is 519 g/mol. The number of methoxy groups -OCH3 is 1. The number of nitrogens with zero attached hydrogens (tertiary/aromatic N) is 1. The minimum atomic E-state index is -4.11. The molecule has 6 nitrogen and oxygen atoms in total. The predicted molar refractivity (Wildman–Crippen MR) is 146 cm³/mol. The van der Waals surface area contributed by atoms with E-state index in [2.05, 4.69) is 19.2 Å². The lowest BCUT2D eigenvalue weighted by Crippen LogP contribution is -2.41. The zero-order valence-corrected chi connectivity index (χ0v) is 23.2. The van der Waals surface area contributed by atoms with Gasteiger partial charge in [0.1, 0.15) is 12.3 Å². The third-order valence-corrected chi connectivity index (χ3v) is 8.49. The highest BCUT2D eigenvalue weighted by Gasteiger charge is 2.30. The van der Waals surface area contributed by atoms with Crippen LogP contribution < -0.4 is 14.4 Å². The average molecular weight is 550 g/mol. The fraction of sp³-hybridized carbons (Fsp3) is 0.296. The van der Waals surface area contributed by atoms with Crippen molar-refractivity contribution in [1.82, 2.24) is 5.32 Å². The Kier molecular flexibility index (Phi) is 8.93. The van der Waals surface area contributed by atoms with Crippen LogP contribution in [0.3, 0.4) is 0 Å². The monoisotopic (exact) mass is 548 g/mol. The summed E-state index contributed by atoms with van der Waals surface area (Å²) in [5, 5.41) is 3.17. The maximum absolute atomic E-state index is 13.6. The summed E-state index contributed by atoms with van der Waals surface area (Å²) < 4.78 is 33.6. The molecule has 3 aromatic carbocycles. The number of hydrogen-bond donors (Lipinski definition) is 1. The van der Waals surface area contributed by atoms with Crippen LogP contribution in [0.5, 0.6) is 5.75 Å². The number of benzene rings is 3. The molecule has 0 aliphatic rings. The van der Waals surface area contributed by atoms with Gasteiger partial charge in [-0.15, -0.1) is 0 Å². The molecule has 0 aliphatic heterocycles. The normalized spacial score (nSPS) is 12.3. The molecule has 1 N–H and O–H groups in total. The van der Waals surface area contributed by atoms with E-state index >= 15 is 0 Å². The van der Waals surface area contributed by atoms with Gasteiger partial charge in [0.05, 0.1) is 33.8 Å². The molecular formula is C27H30Cl2N2O4S. The Morgan fingerprint density at radius 3 is 2.28 bits per heavy atom. The van der Waals surface area contributed by atoms with E-state index in [-0.39, 0.29) is 32.6 Å². The summed E-state index contributed by atoms with van der Waals surface area (Å²) >= 11 is 12.6. The van der Waals surface area contributed by atoms with Crippen LogP contribution in [0.1, 0.15) is 49.4 Å². The lowest BCUT2D eigenvalue weighted by molar-refractivity contribution is -0.120. The Hall–Kier alpha value is -2.74. The van der Waals surface area contributed by atoms with Crippen LogP contribution in [0.4, 0.5) is 5.69 Å². The Morgan fingerprint density at radius 2 is 1.67 bits per heavy atom. The Bertz CT molecular complexity index is 1350. The van der Waals surface area contributed by atoms with E-state index in [9.17, 15) is 13.2 Å². The van der Waals surface area contributed by atoms with E-state index in [1.54, 1.807) is 37.4 Å². The van der Waals surface area contributed by atoms with Crippen LogP contribution in [-0.2, 0) is 14.8 Å². The number of carbonyl (C=O) groups excluding carboxylic acids is 1. The van der Waals surface area contributed by atoms with Gasteiger partial charge in [0, 0.05) is 0 Å². The maximum Gasteiger partial charge on any atom is 0.264 e. The molecule has 0 aromatic heterocycles. The molecule has 0 saturated carbocycles. The molecule has 9 heteroatoms. The van der Waals surface area contributed by atoms with Crippen molar-refractivity contribution in [3.63, 3.8) is 0 Å². The highest BCUT2D eigenvalue weighted by Crippen LogP contribution is 2.36. The van der Waals surface area contributed by atoms with Crippen molar-refractivity contribution in [3.8, 4) is 5.75 Å². The number of rotatable bonds is 9. The van der Waals surface area contributed by atoms with Gasteiger partial charge >= 0.3 is 0 Å². The minimum absolute atomic E-state index is 0.0365. The summed E-state index contributed by atoms with van der Waals surface area (Å²) in [5.41, 5.74) is 3.03. The fourth-order valence-corrected chi connectivity index (χ4v) is 5.91. The molecule has 0 unspecified atom stereocenters. The summed E-state index contributed by atoms with van der Waals surface area (Å²) in [6.07, 6.45) is 0. The standard InChI is InChI=1S/C27H30Cl2N2O4S/c1-17(2)21-15-22(18(3)14-25(21)35-5)19(4)30-26(32)16-31(24-13-9-12-23(28)27(24)29)36(33,34)20-10-7-6-8-11-20/h6-15,17,19H,16H2,1-5H3,(H,30,32)/t19-/m1/s1. The zero-order chi connectivity index (χ0) is 26.6. The molecule has 0 spiro atoms. The first-order valence-corrected chi connectivity index (χ1v) is 13.7. The Labute approximate surface area is 223 Å². The first-order chi connectivity index (χ1) is 17.0. The van der Waals surface area contributed by atoms with Crippen molar-refractivity contribution < 1.29 is 17.9 Å². The number of anilines is 1. The van der Waals surface area contributed by atoms with Crippen LogP contribution in [0.2, 0.25) is 10.0 Å². The van der Waals surface area contributed by atoms with Gasteiger partial charge in [-0.25, -0.2) is 8.42 Å². The second-order valence-electron chi connectivity index (χ2n) is 8.79. The Balaban J connectivity index is 1.95. The number of carbonyl (C=O) groups is 1. The van der Waals surface area contributed by atoms with Gasteiger partial charge in [-0.3, -0.25) is 9.10 Å². The quantitative estimate of drug-likeness (QED) is 0.330. The van der Waals surface area contributed by atoms with Gasteiger partial charge in [-0.05, 0) is 72.9 Å². The van der Waals surface area contributed by atoms with Crippen molar-refractivity contribution in [2.45, 2.75) is 44.6 Å². The predicted octanol–water partition coefficient (Wildman–Crippen LogP) is 6.51. The van der Waals surface area contributed by atoms with E-state index in [1.807, 2.05) is 26.0 Å². The molecule has 1 atom stereocenters. The summed E-state index contributed by atoms with van der Waals surface area (Å²) in [6.45, 7) is 7.47. The van der Waals surface area contributed by atoms with E-state index in [0.29, 0.717) is 0 Å². The molecule has 192 valence electrons. The average Bonchev–Trinajstić information content (AvgIpc) is 2.84. The van der Waals surface area contributed by atoms with Crippen molar-refractivity contribution in [3.05, 3.63) is 87.4 Å². The topological polar surface area (TPSA) is 75.7 Å². The van der Waals surface area contributed by atoms with Gasteiger partial charge in [0.25, 0.3) is 10.0 Å². The van der Waals surface area contributed by atoms with E-state index < -0.39 is 22.5 Å². The number of sulfonamides is 1. The summed E-state index contributed by atoms with van der Waals surface area (Å²) in [6, 6.07) is 16.1. The van der Waals surface area contributed by atoms with Crippen LogP contribution >= 0.6 is 23.2 Å². The molecule has 36 heavy (non-hydrogen) atoms. The molecule has 0 aliphatic carbocycles. The smallest absolute Gasteiger partial charge is 0.264 e. The van der Waals surface area contributed by atoms with Crippen molar-refractivity contribution >= 4 is 44.8 Å². The molecule has 0 bridgehead atoms. The van der Waals surface area contributed by atoms with Gasteiger partial charge in [-0.2, -0.15) is 0 Å². The molecule has 0 heterocycles. The van der Waals surface area contributed by atoms with Gasteiger partial charge in [-0.1, -0.05) is 61.3 Å². The van der Waals surface area contributed by atoms with E-state index in [4.69, 9.17) is 27.9 Å². The zero-order valence-electron chi connectivity index (χ0n) is 20.9. The molecule has 3 rings (SSSR count). The second kappa shape index (κ2) is 11.5. The fourth-order valence-electron chi connectivity index (χ4n) is 4.01. The lowest BCUT2D eigenvalue weighted by atomic mass is 9.93. The van der Waals surface area contributed by atoms with E-state index in [1.165, 1.54) is 18.2 Å². The van der Waals surface area contributed by atoms with Crippen molar-refractivity contribution in [2.75, 3.05) is 18.0 Å². The van der Waals surface area contributed by atoms with Crippen molar-refractivity contribution in [1.29, 1.82) is 0 Å². The molecule has 1 amide bonds. The molecule has 0 saturated heterocycles. The first-order valence-electron chi connectivity index (χ1n) is 11.5. The van der Waals surface area contributed by atoms with Gasteiger partial charge in [0.15, 0.2) is 0 Å². The summed E-state index contributed by atoms with van der Waals surface area (Å²) in [7, 11) is -2.48. The number of amides is 1. The van der Waals surface area contributed by atoms with Crippen LogP contribution in [-0.4, -0.2) is 28.0 Å². The highest BCUT2D eigenvalue weighted by molar-refractivity contribution is 7.92. The number of nitrogens with one attached hydrogen (secondary N) is 1. The lowest BCUT2D eigenvalue weighted by Gasteiger charge is -2.26. The van der Waals surface area contributed by atoms with Crippen LogP contribution in [0, 0.1) is 6.92 Å². The molecule has 0 fully saturated rings. The van der Waals surface area contributed by atoms with Crippen LogP contribution in [0.15, 0.2) is 65.6 Å². The third kappa shape index (κ3) is 5.97. The molecule has 3 aromatic rings. The minimum Gasteiger partial charge on any atom is -0.496 e. The maximum atomic E-state index is 13.6. The summed E-state index contributed by atoms with van der Waals surface area (Å²) in [5.74, 6) is 0.526. The number of aryl methyl sites for hydroxylation is 1. The SMILES string of the molecule is COc1cc(C)c([C@@H](C)NC(=O)CN(c2cccc(Cl)c2Cl)S(=O)(=O)c2ccccc2)cc1C(C)C. The Morgan fingerprint density at radius 1 is 1.00 bits per heavy atom. The number of halogens is 2. The van der Waals surface area contributed by atoms with Gasteiger partial charge < -0.3 is 10.1 Å². The highest BCUT2D eigenvalue weighted by atomic mass is 35.5. The van der Waals surface area contributed by atoms with E-state index in [0.717, 1.165) is 26.7 Å². The summed E-state index contributed by atoms with van der Waals surface area (Å²) in [4.78, 5) is 13.3. The van der Waals surface area contributed by atoms with Gasteiger partial charge in [0.2, 0.25) is 5.91 Å². The number of ether oxygens (including phenoxy) is 1. The van der Waals surface area contributed by atoms with Crippen LogP contribution in [0.25, 0.3) is 0 Å². The third-order valence-electron chi connectivity index (χ3n) is 5.90. The molecule has 0 radical (unpaired) electrons.